The molecular weight excluding hydrogens is 510 g/mol. The molecule has 0 bridgehead atoms. The monoisotopic (exact) mass is 539 g/mol. The first-order valence-electron chi connectivity index (χ1n) is 11.3. The second kappa shape index (κ2) is 8.90. The Bertz CT molecular complexity index is 1200. The number of methoxy groups -OCH3 is 2. The molecule has 38 heavy (non-hydrogen) atoms. The Hall–Kier alpha value is -2.73. The van der Waals surface area contributed by atoms with Crippen LogP contribution >= 0.6 is 0 Å². The van der Waals surface area contributed by atoms with Crippen molar-refractivity contribution >= 4 is 5.78 Å². The lowest BCUT2D eigenvalue weighted by molar-refractivity contribution is -0.603. The molecule has 14 nitrogen and oxygen atoms in total. The van der Waals surface area contributed by atoms with Gasteiger partial charge in [-0.3, -0.25) is 4.79 Å². The molecule has 2 aromatic rings. The van der Waals surface area contributed by atoms with Crippen LogP contribution in [-0.2, 0) is 13.0 Å². The number of fused-ring (bicyclic) bond motifs is 1. The van der Waals surface area contributed by atoms with E-state index in [1.807, 2.05) is 0 Å². The SMILES string of the molecule is COc1cc2c(cc1OC)C(=O)C(C(O)C1(O)C(O)(O)C(O)(O)N(Cc3ccccc3)C(O)(O)C1(O)O)C2. The number of carbonyl (C=O) groups is 1. The molecule has 4 rings (SSSR count). The molecule has 0 amide bonds. The number of Topliss-reactive ketones (excluding diaryl/α,β-unsaturated/α-hetero) is 1. The molecule has 1 heterocycles. The van der Waals surface area contributed by atoms with Gasteiger partial charge in [0.2, 0.25) is 5.60 Å². The van der Waals surface area contributed by atoms with E-state index in [1.165, 1.54) is 50.6 Å². The minimum absolute atomic E-state index is 0.0571. The normalized spacial score (nSPS) is 25.5. The van der Waals surface area contributed by atoms with Crippen LogP contribution in [0.3, 0.4) is 0 Å². The van der Waals surface area contributed by atoms with Crippen molar-refractivity contribution in [3.8, 4) is 11.5 Å². The highest BCUT2D eigenvalue weighted by atomic mass is 16.7. The molecule has 1 aliphatic carbocycles. The highest BCUT2D eigenvalue weighted by molar-refractivity contribution is 6.03. The van der Waals surface area contributed by atoms with Crippen LogP contribution in [0, 0.1) is 5.92 Å². The maximum absolute atomic E-state index is 13.2. The van der Waals surface area contributed by atoms with E-state index in [-0.39, 0.29) is 33.1 Å². The molecule has 1 saturated heterocycles. The Kier molecular flexibility index (Phi) is 6.63. The van der Waals surface area contributed by atoms with Gasteiger partial charge >= 0.3 is 0 Å². The highest BCUT2D eigenvalue weighted by Crippen LogP contribution is 2.54. The summed E-state index contributed by atoms with van der Waals surface area (Å²) >= 11 is 0. The summed E-state index contributed by atoms with van der Waals surface area (Å²) in [5, 5.41) is 109. The van der Waals surface area contributed by atoms with Crippen LogP contribution in [0.2, 0.25) is 0 Å². The largest absolute Gasteiger partial charge is 0.493 e. The topological polar surface area (TPSA) is 241 Å². The summed E-state index contributed by atoms with van der Waals surface area (Å²) in [6, 6.07) is 9.82. The van der Waals surface area contributed by atoms with Gasteiger partial charge in [0.25, 0.3) is 23.4 Å². The lowest BCUT2D eigenvalue weighted by atomic mass is 9.67. The average molecular weight is 539 g/mol. The number of piperidine rings is 1. The van der Waals surface area contributed by atoms with E-state index in [4.69, 9.17) is 9.47 Å². The van der Waals surface area contributed by atoms with Gasteiger partial charge in [-0.2, -0.15) is 4.90 Å². The summed E-state index contributed by atoms with van der Waals surface area (Å²) in [5.41, 5.74) is -4.10. The molecule has 1 aliphatic heterocycles. The van der Waals surface area contributed by atoms with Gasteiger partial charge in [-0.1, -0.05) is 30.3 Å². The van der Waals surface area contributed by atoms with Gasteiger partial charge < -0.3 is 60.5 Å². The lowest BCUT2D eigenvalue weighted by Gasteiger charge is -2.64. The van der Waals surface area contributed by atoms with Crippen molar-refractivity contribution in [1.29, 1.82) is 0 Å². The minimum Gasteiger partial charge on any atom is -0.493 e. The van der Waals surface area contributed by atoms with Crippen LogP contribution in [0.1, 0.15) is 21.5 Å². The van der Waals surface area contributed by atoms with Crippen LogP contribution in [0.15, 0.2) is 42.5 Å². The maximum Gasteiger partial charge on any atom is 0.289 e. The quantitative estimate of drug-likeness (QED) is 0.159. The van der Waals surface area contributed by atoms with Gasteiger partial charge in [-0.25, -0.2) is 0 Å². The van der Waals surface area contributed by atoms with E-state index >= 15 is 0 Å². The van der Waals surface area contributed by atoms with Crippen LogP contribution < -0.4 is 9.47 Å². The molecule has 2 aromatic carbocycles. The van der Waals surface area contributed by atoms with Crippen LogP contribution in [0.25, 0.3) is 0 Å². The second-order valence-corrected chi connectivity index (χ2v) is 9.44. The third-order valence-corrected chi connectivity index (χ3v) is 7.40. The summed E-state index contributed by atoms with van der Waals surface area (Å²) in [6.45, 7) is -0.938. The first-order valence-corrected chi connectivity index (χ1v) is 11.3. The summed E-state index contributed by atoms with van der Waals surface area (Å²) in [6.07, 6.45) is -3.37. The number of rotatable bonds is 6. The van der Waals surface area contributed by atoms with Gasteiger partial charge in [0.1, 0.15) is 6.10 Å². The Morgan fingerprint density at radius 3 is 1.87 bits per heavy atom. The van der Waals surface area contributed by atoms with Gasteiger partial charge in [-0.15, -0.1) is 0 Å². The number of hydrogen-bond donors (Lipinski definition) is 10. The van der Waals surface area contributed by atoms with Gasteiger partial charge in [0.15, 0.2) is 17.3 Å². The molecular formula is C24H29NO13. The molecule has 208 valence electrons. The molecule has 0 spiro atoms. The van der Waals surface area contributed by atoms with Crippen molar-refractivity contribution < 1.29 is 65.3 Å². The van der Waals surface area contributed by atoms with Crippen molar-refractivity contribution in [1.82, 2.24) is 4.90 Å². The van der Waals surface area contributed by atoms with Gasteiger partial charge in [0.05, 0.1) is 20.1 Å². The van der Waals surface area contributed by atoms with Gasteiger partial charge in [-0.05, 0) is 29.7 Å². The van der Waals surface area contributed by atoms with Crippen molar-refractivity contribution in [2.24, 2.45) is 5.92 Å². The summed E-state index contributed by atoms with van der Waals surface area (Å²) in [4.78, 5) is 12.9. The predicted octanol–water partition coefficient (Wildman–Crippen LogP) is -3.69. The first-order chi connectivity index (χ1) is 17.5. The molecule has 0 aromatic heterocycles. The zero-order chi connectivity index (χ0) is 28.5. The molecule has 14 heteroatoms. The molecule has 2 aliphatic rings. The van der Waals surface area contributed by atoms with Crippen molar-refractivity contribution in [2.75, 3.05) is 14.2 Å². The Morgan fingerprint density at radius 1 is 0.868 bits per heavy atom. The fourth-order valence-electron chi connectivity index (χ4n) is 5.14. The number of hydrogen-bond acceptors (Lipinski definition) is 14. The number of aliphatic hydroxyl groups excluding tert-OH is 1. The highest BCUT2D eigenvalue weighted by Gasteiger charge is 2.87. The van der Waals surface area contributed by atoms with E-state index in [0.717, 1.165) is 0 Å². The van der Waals surface area contributed by atoms with Crippen molar-refractivity contribution in [3.05, 3.63) is 59.2 Å². The fourth-order valence-corrected chi connectivity index (χ4v) is 5.14. The average Bonchev–Trinajstić information content (AvgIpc) is 3.19. The summed E-state index contributed by atoms with van der Waals surface area (Å²) in [5.74, 6) is -20.0. The molecule has 1 fully saturated rings. The first kappa shape index (κ1) is 28.3. The second-order valence-electron chi connectivity index (χ2n) is 9.44. The molecule has 2 atom stereocenters. The predicted molar refractivity (Wildman–Crippen MR) is 123 cm³/mol. The Balaban J connectivity index is 1.80. The number of nitrogens with zero attached hydrogens (tertiary/aromatic N) is 1. The molecule has 0 saturated carbocycles. The number of likely N-dealkylation sites (tertiary alicyclic amines) is 1. The van der Waals surface area contributed by atoms with Crippen molar-refractivity contribution in [2.45, 2.75) is 48.1 Å². The van der Waals surface area contributed by atoms with Gasteiger partial charge in [0, 0.05) is 12.1 Å². The lowest BCUT2D eigenvalue weighted by Crippen LogP contribution is -2.95. The molecule has 10 N–H and O–H groups in total. The number of benzene rings is 2. The number of carbonyl (C=O) groups excluding carboxylic acids is 1. The van der Waals surface area contributed by atoms with Crippen LogP contribution in [-0.4, -0.2) is 111 Å². The smallest absolute Gasteiger partial charge is 0.289 e. The van der Waals surface area contributed by atoms with E-state index in [1.54, 1.807) is 6.07 Å². The summed E-state index contributed by atoms with van der Waals surface area (Å²) in [7, 11) is 2.62. The number of aliphatic hydroxyl groups is 10. The van der Waals surface area contributed by atoms with Crippen molar-refractivity contribution in [3.63, 3.8) is 0 Å². The zero-order valence-electron chi connectivity index (χ0n) is 20.3. The van der Waals surface area contributed by atoms with E-state index < -0.39 is 59.8 Å². The Morgan fingerprint density at radius 2 is 1.37 bits per heavy atom. The Labute approximate surface area is 215 Å². The minimum atomic E-state index is -4.52. The zero-order valence-corrected chi connectivity index (χ0v) is 20.3. The molecule has 0 radical (unpaired) electrons. The molecule has 2 unspecified atom stereocenters. The van der Waals surface area contributed by atoms with E-state index in [0.29, 0.717) is 0 Å². The third-order valence-electron chi connectivity index (χ3n) is 7.40. The fraction of sp³-hybridized carbons (Fsp3) is 0.458. The number of ether oxygens (including phenoxy) is 2. The van der Waals surface area contributed by atoms with E-state index in [9.17, 15) is 55.9 Å². The standard InChI is InChI=1S/C24H29NO13/c1-37-16-9-13-8-15(18(26)14(13)10-17(16)38-2)19(27)20(28)21(29,30)23(33,34)25(24(35,36)22(20,31)32)11-12-6-4-3-5-7-12/h3-7,9-10,15,19,27-36H,8,11H2,1-2H3. The third kappa shape index (κ3) is 3.52. The van der Waals surface area contributed by atoms with Crippen LogP contribution in [0.4, 0.5) is 0 Å². The summed E-state index contributed by atoms with van der Waals surface area (Å²) < 4.78 is 10.3. The van der Waals surface area contributed by atoms with Crippen LogP contribution in [0.5, 0.6) is 11.5 Å². The number of ketones is 1. The maximum atomic E-state index is 13.2. The van der Waals surface area contributed by atoms with E-state index in [2.05, 4.69) is 0 Å².